The van der Waals surface area contributed by atoms with E-state index in [0.717, 1.165) is 36.8 Å². The Labute approximate surface area is 174 Å². The number of guanidine groups is 1. The van der Waals surface area contributed by atoms with Gasteiger partial charge in [0.1, 0.15) is 5.76 Å². The van der Waals surface area contributed by atoms with Gasteiger partial charge >= 0.3 is 0 Å². The van der Waals surface area contributed by atoms with E-state index in [4.69, 9.17) is 4.42 Å². The number of likely N-dealkylation sites (N-methyl/N-ethyl adjacent to an activating group) is 1. The van der Waals surface area contributed by atoms with Crippen molar-refractivity contribution in [2.75, 3.05) is 39.5 Å². The Balaban J connectivity index is 1.88. The summed E-state index contributed by atoms with van der Waals surface area (Å²) in [7, 11) is -1.41. The summed E-state index contributed by atoms with van der Waals surface area (Å²) in [4.78, 5) is 6.97. The van der Waals surface area contributed by atoms with Crippen LogP contribution in [0.2, 0.25) is 0 Å². The van der Waals surface area contributed by atoms with Crippen molar-refractivity contribution in [2.24, 2.45) is 4.99 Å². The number of rotatable bonds is 10. The van der Waals surface area contributed by atoms with Gasteiger partial charge < -0.3 is 15.1 Å². The van der Waals surface area contributed by atoms with Crippen molar-refractivity contribution in [2.45, 2.75) is 31.2 Å². The molecule has 1 heterocycles. The number of benzene rings is 1. The van der Waals surface area contributed by atoms with Gasteiger partial charge in [0, 0.05) is 26.4 Å². The third-order valence-electron chi connectivity index (χ3n) is 4.87. The van der Waals surface area contributed by atoms with Crippen molar-refractivity contribution in [3.63, 3.8) is 0 Å². The number of hydrogen-bond acceptors (Lipinski definition) is 5. The molecule has 2 N–H and O–H groups in total. The van der Waals surface area contributed by atoms with E-state index >= 15 is 0 Å². The smallest absolute Gasteiger partial charge is 0.191 e. The Morgan fingerprint density at radius 1 is 1.14 bits per heavy atom. The number of hydrogen-bond donors (Lipinski definition) is 2. The zero-order chi connectivity index (χ0) is 21.3. The molecule has 0 bridgehead atoms. The fraction of sp³-hybridized carbons (Fsp3) is 0.476. The van der Waals surface area contributed by atoms with Gasteiger partial charge in [0.05, 0.1) is 17.2 Å². The molecule has 160 valence electrons. The van der Waals surface area contributed by atoms with Crippen molar-refractivity contribution in [3.05, 3.63) is 54.0 Å². The van der Waals surface area contributed by atoms with Crippen LogP contribution in [0, 0.1) is 0 Å². The van der Waals surface area contributed by atoms with Crippen LogP contribution in [0.1, 0.15) is 31.2 Å². The molecule has 0 aliphatic heterocycles. The first-order chi connectivity index (χ1) is 13.9. The molecule has 0 aliphatic rings. The third kappa shape index (κ3) is 6.90. The summed E-state index contributed by atoms with van der Waals surface area (Å²) in [5.74, 6) is 1.66. The number of nitrogens with one attached hydrogen (secondary N) is 2. The molecule has 0 amide bonds. The lowest BCUT2D eigenvalue weighted by molar-refractivity contribution is 0.193. The van der Waals surface area contributed by atoms with Crippen LogP contribution in [-0.2, 0) is 16.3 Å². The molecule has 29 heavy (non-hydrogen) atoms. The van der Waals surface area contributed by atoms with Gasteiger partial charge in [-0.1, -0.05) is 26.0 Å². The van der Waals surface area contributed by atoms with Gasteiger partial charge in [0.2, 0.25) is 0 Å². The van der Waals surface area contributed by atoms with Gasteiger partial charge in [-0.3, -0.25) is 9.89 Å². The van der Waals surface area contributed by atoms with Gasteiger partial charge in [0.15, 0.2) is 15.8 Å². The van der Waals surface area contributed by atoms with E-state index in [-0.39, 0.29) is 6.04 Å². The first kappa shape index (κ1) is 23.0. The minimum Gasteiger partial charge on any atom is -0.468 e. The van der Waals surface area contributed by atoms with Crippen LogP contribution in [0.4, 0.5) is 0 Å². The quantitative estimate of drug-likeness (QED) is 0.454. The standard InChI is InChI=1S/C21H32N4O3S/c1-5-25(6-2)19(20-8-7-15-28-20)16-24-21(22-3)23-14-13-17-9-11-18(12-10-17)29(4,26)27/h7-12,15,19H,5-6,13-14,16H2,1-4H3,(H2,22,23,24). The average molecular weight is 421 g/mol. The molecule has 0 saturated carbocycles. The number of furan rings is 1. The van der Waals surface area contributed by atoms with Gasteiger partial charge in [-0.25, -0.2) is 8.42 Å². The van der Waals surface area contributed by atoms with Gasteiger partial charge in [-0.05, 0) is 49.3 Å². The van der Waals surface area contributed by atoms with Crippen molar-refractivity contribution in [1.29, 1.82) is 0 Å². The molecule has 0 spiro atoms. The topological polar surface area (TPSA) is 86.9 Å². The van der Waals surface area contributed by atoms with E-state index in [1.165, 1.54) is 6.26 Å². The molecule has 1 aromatic carbocycles. The third-order valence-corrected chi connectivity index (χ3v) is 6.00. The summed E-state index contributed by atoms with van der Waals surface area (Å²) in [5.41, 5.74) is 1.07. The minimum absolute atomic E-state index is 0.127. The second-order valence-electron chi connectivity index (χ2n) is 6.80. The lowest BCUT2D eigenvalue weighted by atomic mass is 10.1. The summed E-state index contributed by atoms with van der Waals surface area (Å²) in [6.07, 6.45) is 3.68. The highest BCUT2D eigenvalue weighted by Crippen LogP contribution is 2.20. The fourth-order valence-electron chi connectivity index (χ4n) is 3.20. The minimum atomic E-state index is -3.16. The highest BCUT2D eigenvalue weighted by molar-refractivity contribution is 7.90. The van der Waals surface area contributed by atoms with Crippen molar-refractivity contribution in [1.82, 2.24) is 15.5 Å². The van der Waals surface area contributed by atoms with Gasteiger partial charge in [-0.2, -0.15) is 0 Å². The van der Waals surface area contributed by atoms with E-state index in [1.54, 1.807) is 25.4 Å². The highest BCUT2D eigenvalue weighted by Gasteiger charge is 2.20. The predicted molar refractivity (Wildman–Crippen MR) is 117 cm³/mol. The number of sulfone groups is 1. The summed E-state index contributed by atoms with van der Waals surface area (Å²) in [6.45, 7) is 7.51. The average Bonchev–Trinajstić information content (AvgIpc) is 3.23. The molecule has 0 aliphatic carbocycles. The molecular weight excluding hydrogens is 388 g/mol. The van der Waals surface area contributed by atoms with E-state index < -0.39 is 9.84 Å². The monoisotopic (exact) mass is 420 g/mol. The van der Waals surface area contributed by atoms with Crippen molar-refractivity contribution < 1.29 is 12.8 Å². The van der Waals surface area contributed by atoms with Crippen LogP contribution < -0.4 is 10.6 Å². The van der Waals surface area contributed by atoms with E-state index in [1.807, 2.05) is 24.3 Å². The molecule has 1 unspecified atom stereocenters. The number of aliphatic imine (C=N–C) groups is 1. The Hall–Kier alpha value is -2.32. The second-order valence-corrected chi connectivity index (χ2v) is 8.81. The zero-order valence-electron chi connectivity index (χ0n) is 17.7. The van der Waals surface area contributed by atoms with Crippen LogP contribution in [0.25, 0.3) is 0 Å². The SMILES string of the molecule is CCN(CC)C(CNC(=NC)NCCc1ccc(S(C)(=O)=O)cc1)c1ccco1. The number of nitrogens with zero attached hydrogens (tertiary/aromatic N) is 2. The maximum atomic E-state index is 11.5. The molecular formula is C21H32N4O3S. The van der Waals surface area contributed by atoms with Gasteiger partial charge in [-0.15, -0.1) is 0 Å². The Morgan fingerprint density at radius 3 is 2.34 bits per heavy atom. The first-order valence-electron chi connectivity index (χ1n) is 9.90. The van der Waals surface area contributed by atoms with Gasteiger partial charge in [0.25, 0.3) is 0 Å². The van der Waals surface area contributed by atoms with E-state index in [0.29, 0.717) is 18.0 Å². The molecule has 2 aromatic rings. The maximum absolute atomic E-state index is 11.5. The predicted octanol–water partition coefficient (Wildman–Crippen LogP) is 2.47. The van der Waals surface area contributed by atoms with Crippen molar-refractivity contribution >= 4 is 15.8 Å². The van der Waals surface area contributed by atoms with Crippen LogP contribution >= 0.6 is 0 Å². The first-order valence-corrected chi connectivity index (χ1v) is 11.8. The fourth-order valence-corrected chi connectivity index (χ4v) is 3.83. The molecule has 1 atom stereocenters. The summed E-state index contributed by atoms with van der Waals surface area (Å²) in [6, 6.07) is 11.0. The van der Waals surface area contributed by atoms with Crippen LogP contribution in [-0.4, -0.2) is 58.8 Å². The van der Waals surface area contributed by atoms with E-state index in [9.17, 15) is 8.42 Å². The lowest BCUT2D eigenvalue weighted by Crippen LogP contribution is -2.43. The molecule has 0 radical (unpaired) electrons. The Kier molecular flexibility index (Phi) is 8.72. The zero-order valence-corrected chi connectivity index (χ0v) is 18.5. The molecule has 2 rings (SSSR count). The maximum Gasteiger partial charge on any atom is 0.191 e. The van der Waals surface area contributed by atoms with Crippen molar-refractivity contribution in [3.8, 4) is 0 Å². The summed E-state index contributed by atoms with van der Waals surface area (Å²) >= 11 is 0. The Bertz CT molecular complexity index is 858. The Morgan fingerprint density at radius 2 is 1.83 bits per heavy atom. The lowest BCUT2D eigenvalue weighted by Gasteiger charge is -2.28. The molecule has 8 heteroatoms. The molecule has 7 nitrogen and oxygen atoms in total. The molecule has 0 fully saturated rings. The van der Waals surface area contributed by atoms with E-state index in [2.05, 4.69) is 34.4 Å². The second kappa shape index (κ2) is 11.0. The molecule has 0 saturated heterocycles. The normalized spacial score (nSPS) is 13.5. The summed E-state index contributed by atoms with van der Waals surface area (Å²) < 4.78 is 28.7. The highest BCUT2D eigenvalue weighted by atomic mass is 32.2. The van der Waals surface area contributed by atoms with Crippen LogP contribution in [0.5, 0.6) is 0 Å². The van der Waals surface area contributed by atoms with Crippen LogP contribution in [0.15, 0.2) is 57.0 Å². The molecule has 1 aromatic heterocycles. The summed E-state index contributed by atoms with van der Waals surface area (Å²) in [5, 5.41) is 6.69. The largest absolute Gasteiger partial charge is 0.468 e. The van der Waals surface area contributed by atoms with Crippen LogP contribution in [0.3, 0.4) is 0 Å².